The quantitative estimate of drug-likeness (QED) is 0.751. The summed E-state index contributed by atoms with van der Waals surface area (Å²) in [6.45, 7) is 6.46. The monoisotopic (exact) mass is 304 g/mol. The molecule has 1 amide bonds. The van der Waals surface area contributed by atoms with E-state index in [1.807, 2.05) is 18.2 Å². The van der Waals surface area contributed by atoms with Crippen molar-refractivity contribution in [3.05, 3.63) is 35.9 Å². The first-order valence-corrected chi connectivity index (χ1v) is 8.44. The molecule has 1 aromatic carbocycles. The summed E-state index contributed by atoms with van der Waals surface area (Å²) in [5.41, 5.74) is 1.18. The molecule has 1 aromatic rings. The van der Waals surface area contributed by atoms with Crippen LogP contribution in [-0.4, -0.2) is 43.7 Å². The summed E-state index contributed by atoms with van der Waals surface area (Å²) in [5, 5.41) is 3.22. The lowest BCUT2D eigenvalue weighted by molar-refractivity contribution is -0.122. The van der Waals surface area contributed by atoms with Gasteiger partial charge in [0, 0.05) is 26.1 Å². The van der Waals surface area contributed by atoms with Gasteiger partial charge in [0.1, 0.15) is 0 Å². The Morgan fingerprint density at radius 2 is 1.95 bits per heavy atom. The summed E-state index contributed by atoms with van der Waals surface area (Å²) < 4.78 is 5.40. The van der Waals surface area contributed by atoms with Gasteiger partial charge in [-0.05, 0) is 12.0 Å². The highest BCUT2D eigenvalue weighted by atomic mass is 16.5. The molecule has 0 radical (unpaired) electrons. The molecule has 1 aliphatic heterocycles. The van der Waals surface area contributed by atoms with E-state index in [0.717, 1.165) is 52.1 Å². The van der Waals surface area contributed by atoms with Crippen LogP contribution < -0.4 is 5.32 Å². The van der Waals surface area contributed by atoms with Crippen LogP contribution in [0.3, 0.4) is 0 Å². The van der Waals surface area contributed by atoms with Crippen LogP contribution in [0.2, 0.25) is 0 Å². The van der Waals surface area contributed by atoms with E-state index in [9.17, 15) is 4.79 Å². The predicted molar refractivity (Wildman–Crippen MR) is 88.7 cm³/mol. The maximum atomic E-state index is 12.2. The minimum atomic E-state index is 0.0634. The Labute approximate surface area is 133 Å². The first-order valence-electron chi connectivity index (χ1n) is 8.44. The number of nitrogens with zero attached hydrogens (tertiary/aromatic N) is 1. The fraction of sp³-hybridized carbons (Fsp3) is 0.611. The van der Waals surface area contributed by atoms with Gasteiger partial charge in [-0.1, -0.05) is 50.1 Å². The summed E-state index contributed by atoms with van der Waals surface area (Å²) in [6.07, 6.45) is 3.86. The number of rotatable bonds is 8. The van der Waals surface area contributed by atoms with Crippen LogP contribution in [0.15, 0.2) is 30.3 Å². The average molecular weight is 304 g/mol. The van der Waals surface area contributed by atoms with Gasteiger partial charge >= 0.3 is 0 Å². The lowest BCUT2D eigenvalue weighted by atomic mass is 10.1. The van der Waals surface area contributed by atoms with E-state index in [4.69, 9.17) is 4.74 Å². The fourth-order valence-electron chi connectivity index (χ4n) is 2.76. The summed E-state index contributed by atoms with van der Waals surface area (Å²) in [6, 6.07) is 10.3. The second-order valence-corrected chi connectivity index (χ2v) is 5.90. The molecular formula is C18H28N2O2. The number of unbranched alkanes of at least 4 members (excludes halogenated alkanes) is 2. The van der Waals surface area contributed by atoms with Gasteiger partial charge in [0.15, 0.2) is 0 Å². The molecule has 22 heavy (non-hydrogen) atoms. The number of benzene rings is 1. The number of carbonyl (C=O) groups excluding carboxylic acids is 1. The number of hydrogen-bond acceptors (Lipinski definition) is 3. The summed E-state index contributed by atoms with van der Waals surface area (Å²) in [7, 11) is 0. The van der Waals surface area contributed by atoms with Crippen molar-refractivity contribution in [2.75, 3.05) is 32.8 Å². The SMILES string of the molecule is CCCCCC(=O)NC(CN1CCOCC1)c1ccccc1. The number of carbonyl (C=O) groups is 1. The van der Waals surface area contributed by atoms with Gasteiger partial charge in [-0.2, -0.15) is 0 Å². The lowest BCUT2D eigenvalue weighted by Gasteiger charge is -2.31. The topological polar surface area (TPSA) is 41.6 Å². The van der Waals surface area contributed by atoms with Crippen LogP contribution in [0, 0.1) is 0 Å². The Kier molecular flexibility index (Phi) is 7.40. The minimum Gasteiger partial charge on any atom is -0.379 e. The average Bonchev–Trinajstić information content (AvgIpc) is 2.56. The summed E-state index contributed by atoms with van der Waals surface area (Å²) in [5.74, 6) is 0.163. The van der Waals surface area contributed by atoms with Crippen molar-refractivity contribution in [1.29, 1.82) is 0 Å². The largest absolute Gasteiger partial charge is 0.379 e. The van der Waals surface area contributed by atoms with Crippen LogP contribution in [0.25, 0.3) is 0 Å². The smallest absolute Gasteiger partial charge is 0.220 e. The van der Waals surface area contributed by atoms with Crippen molar-refractivity contribution in [2.24, 2.45) is 0 Å². The standard InChI is InChI=1S/C18H28N2O2/c1-2-3-5-10-18(21)19-17(16-8-6-4-7-9-16)15-20-11-13-22-14-12-20/h4,6-9,17H,2-3,5,10-15H2,1H3,(H,19,21). The second kappa shape index (κ2) is 9.59. The molecular weight excluding hydrogens is 276 g/mol. The molecule has 0 aliphatic carbocycles. The number of morpholine rings is 1. The zero-order valence-corrected chi connectivity index (χ0v) is 13.6. The predicted octanol–water partition coefficient (Wildman–Crippen LogP) is 2.76. The molecule has 1 heterocycles. The van der Waals surface area contributed by atoms with Crippen molar-refractivity contribution in [2.45, 2.75) is 38.6 Å². The highest BCUT2D eigenvalue weighted by Crippen LogP contribution is 2.16. The zero-order chi connectivity index (χ0) is 15.6. The highest BCUT2D eigenvalue weighted by molar-refractivity contribution is 5.76. The lowest BCUT2D eigenvalue weighted by Crippen LogP contribution is -2.43. The molecule has 1 N–H and O–H groups in total. The molecule has 1 atom stereocenters. The third-order valence-electron chi connectivity index (χ3n) is 4.09. The summed E-state index contributed by atoms with van der Waals surface area (Å²) >= 11 is 0. The molecule has 0 aromatic heterocycles. The number of hydrogen-bond donors (Lipinski definition) is 1. The molecule has 1 saturated heterocycles. The highest BCUT2D eigenvalue weighted by Gasteiger charge is 2.19. The maximum absolute atomic E-state index is 12.2. The van der Waals surface area contributed by atoms with Gasteiger partial charge in [0.25, 0.3) is 0 Å². The van der Waals surface area contributed by atoms with Crippen molar-refractivity contribution in [1.82, 2.24) is 10.2 Å². The number of nitrogens with one attached hydrogen (secondary N) is 1. The Bertz CT molecular complexity index is 430. The number of amides is 1. The van der Waals surface area contributed by atoms with Gasteiger partial charge in [0.05, 0.1) is 19.3 Å². The van der Waals surface area contributed by atoms with Crippen molar-refractivity contribution in [3.8, 4) is 0 Å². The van der Waals surface area contributed by atoms with E-state index in [0.29, 0.717) is 6.42 Å². The Morgan fingerprint density at radius 1 is 1.23 bits per heavy atom. The number of ether oxygens (including phenoxy) is 1. The van der Waals surface area contributed by atoms with E-state index >= 15 is 0 Å². The van der Waals surface area contributed by atoms with Crippen LogP contribution in [-0.2, 0) is 9.53 Å². The second-order valence-electron chi connectivity index (χ2n) is 5.90. The van der Waals surface area contributed by atoms with Crippen LogP contribution in [0.4, 0.5) is 0 Å². The molecule has 1 fully saturated rings. The first kappa shape index (κ1) is 17.0. The van der Waals surface area contributed by atoms with Gasteiger partial charge in [-0.3, -0.25) is 9.69 Å². The van der Waals surface area contributed by atoms with Crippen LogP contribution in [0.5, 0.6) is 0 Å². The van der Waals surface area contributed by atoms with Gasteiger partial charge < -0.3 is 10.1 Å². The zero-order valence-electron chi connectivity index (χ0n) is 13.6. The van der Waals surface area contributed by atoms with E-state index in [-0.39, 0.29) is 11.9 Å². The molecule has 0 saturated carbocycles. The Morgan fingerprint density at radius 3 is 2.64 bits per heavy atom. The molecule has 0 spiro atoms. The Hall–Kier alpha value is -1.39. The van der Waals surface area contributed by atoms with Crippen molar-refractivity contribution in [3.63, 3.8) is 0 Å². The molecule has 4 heteroatoms. The van der Waals surface area contributed by atoms with Gasteiger partial charge in [0.2, 0.25) is 5.91 Å². The normalized spacial score (nSPS) is 17.1. The molecule has 122 valence electrons. The van der Waals surface area contributed by atoms with E-state index in [1.165, 1.54) is 5.56 Å². The van der Waals surface area contributed by atoms with Crippen molar-refractivity contribution < 1.29 is 9.53 Å². The first-order chi connectivity index (χ1) is 10.8. The Balaban J connectivity index is 1.93. The van der Waals surface area contributed by atoms with Gasteiger partial charge in [-0.15, -0.1) is 0 Å². The van der Waals surface area contributed by atoms with E-state index in [1.54, 1.807) is 0 Å². The van der Waals surface area contributed by atoms with Crippen LogP contribution >= 0.6 is 0 Å². The maximum Gasteiger partial charge on any atom is 0.220 e. The van der Waals surface area contributed by atoms with Gasteiger partial charge in [-0.25, -0.2) is 0 Å². The molecule has 1 unspecified atom stereocenters. The third kappa shape index (κ3) is 5.78. The summed E-state index contributed by atoms with van der Waals surface area (Å²) in [4.78, 5) is 14.6. The molecule has 2 rings (SSSR count). The molecule has 1 aliphatic rings. The fourth-order valence-corrected chi connectivity index (χ4v) is 2.76. The molecule has 4 nitrogen and oxygen atoms in total. The molecule has 0 bridgehead atoms. The minimum absolute atomic E-state index is 0.0634. The third-order valence-corrected chi connectivity index (χ3v) is 4.09. The van der Waals surface area contributed by atoms with E-state index < -0.39 is 0 Å². The van der Waals surface area contributed by atoms with E-state index in [2.05, 4.69) is 29.3 Å². The van der Waals surface area contributed by atoms with Crippen LogP contribution in [0.1, 0.15) is 44.2 Å². The van der Waals surface area contributed by atoms with Crippen molar-refractivity contribution >= 4 is 5.91 Å².